The van der Waals surface area contributed by atoms with E-state index in [1.165, 1.54) is 21.9 Å². The molecule has 0 aliphatic heterocycles. The van der Waals surface area contributed by atoms with Crippen LogP contribution in [0.2, 0.25) is 0 Å². The van der Waals surface area contributed by atoms with Gasteiger partial charge in [0.05, 0.1) is 6.04 Å². The molecule has 3 aromatic carbocycles. The average molecular weight is 276 g/mol. The van der Waals surface area contributed by atoms with Crippen LogP contribution in [0.3, 0.4) is 0 Å². The van der Waals surface area contributed by atoms with Crippen LogP contribution >= 0.6 is 0 Å². The Hall–Kier alpha value is -2.32. The minimum atomic E-state index is 0.110. The van der Waals surface area contributed by atoms with E-state index in [2.05, 4.69) is 79.0 Å². The summed E-state index contributed by atoms with van der Waals surface area (Å²) in [6, 6.07) is 23.4. The highest BCUT2D eigenvalue weighted by molar-refractivity contribution is 5.86. The van der Waals surface area contributed by atoms with Gasteiger partial charge in [0.1, 0.15) is 0 Å². The van der Waals surface area contributed by atoms with E-state index in [0.717, 1.165) is 5.69 Å². The molecule has 0 fully saturated rings. The summed E-state index contributed by atoms with van der Waals surface area (Å²) < 4.78 is 0. The van der Waals surface area contributed by atoms with Gasteiger partial charge in [-0.25, -0.2) is 0 Å². The molecule has 3 aromatic rings. The van der Waals surface area contributed by atoms with Crippen LogP contribution in [-0.4, -0.2) is 6.54 Å². The van der Waals surface area contributed by atoms with Crippen LogP contribution in [0, 0.1) is 6.92 Å². The first kappa shape index (κ1) is 13.7. The van der Waals surface area contributed by atoms with E-state index in [4.69, 9.17) is 5.73 Å². The van der Waals surface area contributed by atoms with Crippen molar-refractivity contribution in [3.8, 4) is 0 Å². The molecule has 0 saturated carbocycles. The van der Waals surface area contributed by atoms with E-state index in [-0.39, 0.29) is 6.04 Å². The van der Waals surface area contributed by atoms with Crippen LogP contribution in [0.1, 0.15) is 17.2 Å². The lowest BCUT2D eigenvalue weighted by atomic mass is 9.98. The fraction of sp³-hybridized carbons (Fsp3) is 0.158. The quantitative estimate of drug-likeness (QED) is 0.747. The zero-order valence-electron chi connectivity index (χ0n) is 12.2. The monoisotopic (exact) mass is 276 g/mol. The minimum Gasteiger partial charge on any atom is -0.377 e. The summed E-state index contributed by atoms with van der Waals surface area (Å²) in [5.41, 5.74) is 9.62. The van der Waals surface area contributed by atoms with E-state index in [1.807, 2.05) is 0 Å². The number of hydrogen-bond acceptors (Lipinski definition) is 2. The van der Waals surface area contributed by atoms with Crippen molar-refractivity contribution in [3.05, 3.63) is 77.9 Å². The number of nitrogens with one attached hydrogen (secondary N) is 1. The molecule has 0 heterocycles. The highest BCUT2D eigenvalue weighted by Gasteiger charge is 2.12. The minimum absolute atomic E-state index is 0.110. The van der Waals surface area contributed by atoms with Crippen molar-refractivity contribution < 1.29 is 0 Å². The lowest BCUT2D eigenvalue weighted by Crippen LogP contribution is -2.20. The molecule has 0 bridgehead atoms. The number of anilines is 1. The number of nitrogens with two attached hydrogens (primary N) is 1. The zero-order valence-corrected chi connectivity index (χ0v) is 12.2. The summed E-state index contributed by atoms with van der Waals surface area (Å²) in [6.07, 6.45) is 0. The molecule has 1 unspecified atom stereocenters. The van der Waals surface area contributed by atoms with Crippen LogP contribution < -0.4 is 11.1 Å². The number of fused-ring (bicyclic) bond motifs is 1. The molecule has 1 atom stereocenters. The fourth-order valence-corrected chi connectivity index (χ4v) is 2.67. The van der Waals surface area contributed by atoms with Gasteiger partial charge in [-0.1, -0.05) is 60.2 Å². The van der Waals surface area contributed by atoms with E-state index in [1.54, 1.807) is 0 Å². The molecule has 2 heteroatoms. The number of benzene rings is 3. The van der Waals surface area contributed by atoms with Crippen LogP contribution in [0.25, 0.3) is 10.8 Å². The predicted octanol–water partition coefficient (Wildman–Crippen LogP) is 4.26. The highest BCUT2D eigenvalue weighted by Crippen LogP contribution is 2.26. The van der Waals surface area contributed by atoms with Crippen molar-refractivity contribution >= 4 is 16.5 Å². The van der Waals surface area contributed by atoms with Crippen LogP contribution in [0.15, 0.2) is 66.7 Å². The summed E-state index contributed by atoms with van der Waals surface area (Å²) in [4.78, 5) is 0. The SMILES string of the molecule is Cc1ccc(NC(CN)c2cccc3ccccc23)cc1. The fourth-order valence-electron chi connectivity index (χ4n) is 2.67. The Labute approximate surface area is 125 Å². The molecule has 0 aromatic heterocycles. The largest absolute Gasteiger partial charge is 0.377 e. The van der Waals surface area contributed by atoms with Crippen molar-refractivity contribution in [2.45, 2.75) is 13.0 Å². The van der Waals surface area contributed by atoms with Gasteiger partial charge in [0.15, 0.2) is 0 Å². The van der Waals surface area contributed by atoms with Gasteiger partial charge in [0.25, 0.3) is 0 Å². The maximum absolute atomic E-state index is 6.01. The van der Waals surface area contributed by atoms with Crippen LogP contribution in [-0.2, 0) is 0 Å². The van der Waals surface area contributed by atoms with Gasteiger partial charge in [-0.2, -0.15) is 0 Å². The lowest BCUT2D eigenvalue weighted by molar-refractivity contribution is 0.797. The summed E-state index contributed by atoms with van der Waals surface area (Å²) >= 11 is 0. The first-order chi connectivity index (χ1) is 10.3. The lowest BCUT2D eigenvalue weighted by Gasteiger charge is -2.20. The Morgan fingerprint density at radius 3 is 2.38 bits per heavy atom. The van der Waals surface area contributed by atoms with Gasteiger partial charge < -0.3 is 11.1 Å². The maximum atomic E-state index is 6.01. The second kappa shape index (κ2) is 5.98. The van der Waals surface area contributed by atoms with Crippen molar-refractivity contribution in [2.75, 3.05) is 11.9 Å². The molecule has 0 aliphatic rings. The van der Waals surface area contributed by atoms with E-state index >= 15 is 0 Å². The third-order valence-electron chi connectivity index (χ3n) is 3.83. The van der Waals surface area contributed by atoms with Crippen LogP contribution in [0.4, 0.5) is 5.69 Å². The Morgan fingerprint density at radius 2 is 1.62 bits per heavy atom. The summed E-state index contributed by atoms with van der Waals surface area (Å²) in [5.74, 6) is 0. The second-order valence-electron chi connectivity index (χ2n) is 5.37. The molecular weight excluding hydrogens is 256 g/mol. The molecule has 0 aliphatic carbocycles. The number of rotatable bonds is 4. The second-order valence-corrected chi connectivity index (χ2v) is 5.37. The van der Waals surface area contributed by atoms with E-state index in [9.17, 15) is 0 Å². The van der Waals surface area contributed by atoms with E-state index < -0.39 is 0 Å². The van der Waals surface area contributed by atoms with Crippen molar-refractivity contribution in [1.29, 1.82) is 0 Å². The first-order valence-electron chi connectivity index (χ1n) is 7.29. The Kier molecular flexibility index (Phi) is 3.89. The number of aryl methyl sites for hydroxylation is 1. The van der Waals surface area contributed by atoms with Crippen molar-refractivity contribution in [2.24, 2.45) is 5.73 Å². The van der Waals surface area contributed by atoms with Gasteiger partial charge in [0.2, 0.25) is 0 Å². The Morgan fingerprint density at radius 1 is 0.905 bits per heavy atom. The summed E-state index contributed by atoms with van der Waals surface area (Å²) in [5, 5.41) is 6.05. The average Bonchev–Trinajstić information content (AvgIpc) is 2.54. The molecule has 21 heavy (non-hydrogen) atoms. The summed E-state index contributed by atoms with van der Waals surface area (Å²) in [7, 11) is 0. The molecule has 0 saturated heterocycles. The highest BCUT2D eigenvalue weighted by atomic mass is 14.9. The first-order valence-corrected chi connectivity index (χ1v) is 7.29. The zero-order chi connectivity index (χ0) is 14.7. The topological polar surface area (TPSA) is 38.0 Å². The molecule has 0 amide bonds. The molecular formula is C19H20N2. The Bertz CT molecular complexity index is 727. The standard InChI is InChI=1S/C19H20N2/c1-14-9-11-16(12-10-14)21-19(13-20)18-8-4-6-15-5-2-3-7-17(15)18/h2-12,19,21H,13,20H2,1H3. The molecule has 106 valence electrons. The Balaban J connectivity index is 1.96. The summed E-state index contributed by atoms with van der Waals surface area (Å²) in [6.45, 7) is 2.65. The van der Waals surface area contributed by atoms with Gasteiger partial charge in [0, 0.05) is 12.2 Å². The predicted molar refractivity (Wildman–Crippen MR) is 90.5 cm³/mol. The van der Waals surface area contributed by atoms with Crippen molar-refractivity contribution in [1.82, 2.24) is 0 Å². The van der Waals surface area contributed by atoms with Gasteiger partial charge in [-0.3, -0.25) is 0 Å². The molecule has 0 spiro atoms. The third kappa shape index (κ3) is 2.91. The van der Waals surface area contributed by atoms with Gasteiger partial charge in [-0.05, 0) is 35.4 Å². The normalized spacial score (nSPS) is 12.3. The maximum Gasteiger partial charge on any atom is 0.0642 e. The van der Waals surface area contributed by atoms with E-state index in [0.29, 0.717) is 6.54 Å². The number of hydrogen-bond donors (Lipinski definition) is 2. The van der Waals surface area contributed by atoms with Crippen molar-refractivity contribution in [3.63, 3.8) is 0 Å². The smallest absolute Gasteiger partial charge is 0.0642 e. The van der Waals surface area contributed by atoms with Gasteiger partial charge >= 0.3 is 0 Å². The molecule has 3 N–H and O–H groups in total. The van der Waals surface area contributed by atoms with Gasteiger partial charge in [-0.15, -0.1) is 0 Å². The third-order valence-corrected chi connectivity index (χ3v) is 3.83. The molecule has 0 radical (unpaired) electrons. The molecule has 2 nitrogen and oxygen atoms in total. The molecule has 3 rings (SSSR count). The van der Waals surface area contributed by atoms with Crippen LogP contribution in [0.5, 0.6) is 0 Å².